The molecule has 0 aliphatic carbocycles. The summed E-state index contributed by atoms with van der Waals surface area (Å²) in [6.07, 6.45) is 1.63. The lowest BCUT2D eigenvalue weighted by Gasteiger charge is -2.13. The summed E-state index contributed by atoms with van der Waals surface area (Å²) in [5, 5.41) is 11.7. The Bertz CT molecular complexity index is 939. The first-order valence-electron chi connectivity index (χ1n) is 8.45. The highest BCUT2D eigenvalue weighted by molar-refractivity contribution is 6.05. The molecule has 0 saturated carbocycles. The summed E-state index contributed by atoms with van der Waals surface area (Å²) in [4.78, 5) is 12.9. The van der Waals surface area contributed by atoms with Gasteiger partial charge in [-0.15, -0.1) is 0 Å². The van der Waals surface area contributed by atoms with Crippen LogP contribution in [0.1, 0.15) is 36.1 Å². The number of anilines is 1. The number of hydrogen-bond acceptors (Lipinski definition) is 4. The number of ether oxygens (including phenoxy) is 1. The third-order valence-electron chi connectivity index (χ3n) is 4.22. The van der Waals surface area contributed by atoms with Crippen LogP contribution in [0, 0.1) is 6.92 Å². The van der Waals surface area contributed by atoms with Gasteiger partial charge >= 0.3 is 0 Å². The van der Waals surface area contributed by atoms with Gasteiger partial charge in [0, 0.05) is 24.8 Å². The smallest absolute Gasteiger partial charge is 0.275 e. The molecular formula is C19H23N5O2. The summed E-state index contributed by atoms with van der Waals surface area (Å²) in [6.45, 7) is 5.88. The van der Waals surface area contributed by atoms with Gasteiger partial charge in [-0.3, -0.25) is 14.2 Å². The van der Waals surface area contributed by atoms with E-state index < -0.39 is 0 Å². The van der Waals surface area contributed by atoms with Gasteiger partial charge in [0.25, 0.3) is 5.91 Å². The predicted molar refractivity (Wildman–Crippen MR) is 100 cm³/mol. The third kappa shape index (κ3) is 3.08. The lowest BCUT2D eigenvalue weighted by molar-refractivity contribution is 0.101. The molecule has 0 bridgehead atoms. The SMILES string of the molecule is COc1ccccc1-c1c(C)nn(C)c1NC(=O)c1ccnn1C(C)C. The van der Waals surface area contributed by atoms with E-state index in [1.807, 2.05) is 45.0 Å². The first-order chi connectivity index (χ1) is 12.4. The fraction of sp³-hybridized carbons (Fsp3) is 0.316. The largest absolute Gasteiger partial charge is 0.496 e. The van der Waals surface area contributed by atoms with Crippen molar-refractivity contribution in [1.82, 2.24) is 19.6 Å². The molecule has 1 amide bonds. The van der Waals surface area contributed by atoms with Gasteiger partial charge in [-0.2, -0.15) is 10.2 Å². The molecule has 0 aliphatic rings. The summed E-state index contributed by atoms with van der Waals surface area (Å²) in [5.41, 5.74) is 3.04. The molecule has 3 aromatic rings. The molecule has 0 unspecified atom stereocenters. The molecule has 136 valence electrons. The lowest BCUT2D eigenvalue weighted by Crippen LogP contribution is -2.20. The molecule has 7 heteroatoms. The zero-order valence-electron chi connectivity index (χ0n) is 15.6. The zero-order valence-corrected chi connectivity index (χ0v) is 15.6. The highest BCUT2D eigenvalue weighted by atomic mass is 16.5. The number of benzene rings is 1. The molecular weight excluding hydrogens is 330 g/mol. The Kier molecular flexibility index (Phi) is 4.79. The molecule has 2 heterocycles. The number of nitrogens with one attached hydrogen (secondary N) is 1. The standard InChI is InChI=1S/C19H23N5O2/c1-12(2)24-15(10-11-20-24)19(25)21-18-17(13(3)22-23(18)4)14-8-6-7-9-16(14)26-5/h6-12H,1-5H3,(H,21,25). The van der Waals surface area contributed by atoms with E-state index in [-0.39, 0.29) is 11.9 Å². The monoisotopic (exact) mass is 353 g/mol. The number of carbonyl (C=O) groups is 1. The predicted octanol–water partition coefficient (Wildman–Crippen LogP) is 3.43. The number of aryl methyl sites for hydroxylation is 2. The highest BCUT2D eigenvalue weighted by Crippen LogP contribution is 2.37. The van der Waals surface area contributed by atoms with E-state index in [1.165, 1.54) is 0 Å². The minimum absolute atomic E-state index is 0.0905. The van der Waals surface area contributed by atoms with Crippen molar-refractivity contribution < 1.29 is 9.53 Å². The quantitative estimate of drug-likeness (QED) is 0.762. The maximum atomic E-state index is 12.9. The van der Waals surface area contributed by atoms with E-state index in [9.17, 15) is 4.79 Å². The van der Waals surface area contributed by atoms with Gasteiger partial charge < -0.3 is 10.1 Å². The first kappa shape index (κ1) is 17.7. The van der Waals surface area contributed by atoms with Gasteiger partial charge in [0.1, 0.15) is 17.3 Å². The molecule has 0 radical (unpaired) electrons. The molecule has 0 fully saturated rings. The summed E-state index contributed by atoms with van der Waals surface area (Å²) < 4.78 is 8.85. The summed E-state index contributed by atoms with van der Waals surface area (Å²) in [6, 6.07) is 9.49. The van der Waals surface area contributed by atoms with Crippen LogP contribution in [0.3, 0.4) is 0 Å². The Balaban J connectivity index is 2.04. The normalized spacial score (nSPS) is 11.0. The van der Waals surface area contributed by atoms with Crippen LogP contribution in [-0.4, -0.2) is 32.6 Å². The van der Waals surface area contributed by atoms with Crippen LogP contribution in [0.5, 0.6) is 5.75 Å². The van der Waals surface area contributed by atoms with Crippen LogP contribution < -0.4 is 10.1 Å². The number of methoxy groups -OCH3 is 1. The van der Waals surface area contributed by atoms with Crippen LogP contribution in [0.4, 0.5) is 5.82 Å². The Labute approximate surface area is 152 Å². The molecule has 0 spiro atoms. The number of rotatable bonds is 5. The summed E-state index contributed by atoms with van der Waals surface area (Å²) in [7, 11) is 3.44. The van der Waals surface area contributed by atoms with Crippen LogP contribution in [0.25, 0.3) is 11.1 Å². The van der Waals surface area contributed by atoms with Gasteiger partial charge in [-0.05, 0) is 32.9 Å². The van der Waals surface area contributed by atoms with E-state index in [1.54, 1.807) is 35.8 Å². The van der Waals surface area contributed by atoms with Gasteiger partial charge in [-0.1, -0.05) is 18.2 Å². The fourth-order valence-corrected chi connectivity index (χ4v) is 3.05. The van der Waals surface area contributed by atoms with Crippen LogP contribution in [0.15, 0.2) is 36.5 Å². The molecule has 26 heavy (non-hydrogen) atoms. The van der Waals surface area contributed by atoms with Crippen molar-refractivity contribution in [1.29, 1.82) is 0 Å². The lowest BCUT2D eigenvalue weighted by atomic mass is 10.0. The van der Waals surface area contributed by atoms with Crippen molar-refractivity contribution >= 4 is 11.7 Å². The van der Waals surface area contributed by atoms with Gasteiger partial charge in [0.05, 0.1) is 18.4 Å². The number of aromatic nitrogens is 4. The number of nitrogens with zero attached hydrogens (tertiary/aromatic N) is 4. The Morgan fingerprint density at radius 3 is 2.65 bits per heavy atom. The Hall–Kier alpha value is -3.09. The topological polar surface area (TPSA) is 74.0 Å². The number of para-hydroxylation sites is 1. The van der Waals surface area contributed by atoms with Gasteiger partial charge in [0.15, 0.2) is 0 Å². The van der Waals surface area contributed by atoms with Crippen molar-refractivity contribution in [3.05, 3.63) is 47.9 Å². The number of hydrogen-bond donors (Lipinski definition) is 1. The van der Waals surface area contributed by atoms with Crippen LogP contribution in [0.2, 0.25) is 0 Å². The molecule has 1 aromatic carbocycles. The van der Waals surface area contributed by atoms with E-state index in [0.29, 0.717) is 11.5 Å². The molecule has 1 N–H and O–H groups in total. The second kappa shape index (κ2) is 7.03. The molecule has 3 rings (SSSR count). The van der Waals surface area contributed by atoms with Crippen molar-refractivity contribution in [3.8, 4) is 16.9 Å². The molecule has 7 nitrogen and oxygen atoms in total. The summed E-state index contributed by atoms with van der Waals surface area (Å²) in [5.74, 6) is 1.12. The Morgan fingerprint density at radius 1 is 1.23 bits per heavy atom. The number of carbonyl (C=O) groups excluding carboxylic acids is 1. The minimum atomic E-state index is -0.227. The van der Waals surface area contributed by atoms with Gasteiger partial charge in [-0.25, -0.2) is 0 Å². The van der Waals surface area contributed by atoms with E-state index in [0.717, 1.165) is 22.6 Å². The fourth-order valence-electron chi connectivity index (χ4n) is 3.05. The number of amides is 1. The minimum Gasteiger partial charge on any atom is -0.496 e. The van der Waals surface area contributed by atoms with E-state index in [2.05, 4.69) is 15.5 Å². The second-order valence-corrected chi connectivity index (χ2v) is 6.34. The van der Waals surface area contributed by atoms with E-state index >= 15 is 0 Å². The highest BCUT2D eigenvalue weighted by Gasteiger charge is 2.22. The van der Waals surface area contributed by atoms with Crippen LogP contribution in [-0.2, 0) is 7.05 Å². The van der Waals surface area contributed by atoms with Crippen molar-refractivity contribution in [2.75, 3.05) is 12.4 Å². The average Bonchev–Trinajstić information content (AvgIpc) is 3.20. The second-order valence-electron chi connectivity index (χ2n) is 6.34. The Morgan fingerprint density at radius 2 is 1.96 bits per heavy atom. The molecule has 0 aliphatic heterocycles. The zero-order chi connectivity index (χ0) is 18.8. The van der Waals surface area contributed by atoms with Crippen molar-refractivity contribution in [3.63, 3.8) is 0 Å². The molecule has 0 saturated heterocycles. The first-order valence-corrected chi connectivity index (χ1v) is 8.45. The van der Waals surface area contributed by atoms with Crippen molar-refractivity contribution in [2.24, 2.45) is 7.05 Å². The van der Waals surface area contributed by atoms with Gasteiger partial charge in [0.2, 0.25) is 0 Å². The maximum Gasteiger partial charge on any atom is 0.275 e. The molecule has 0 atom stereocenters. The average molecular weight is 353 g/mol. The van der Waals surface area contributed by atoms with Crippen molar-refractivity contribution in [2.45, 2.75) is 26.8 Å². The third-order valence-corrected chi connectivity index (χ3v) is 4.22. The molecule has 2 aromatic heterocycles. The maximum absolute atomic E-state index is 12.9. The van der Waals surface area contributed by atoms with E-state index in [4.69, 9.17) is 4.74 Å². The van der Waals surface area contributed by atoms with Crippen LogP contribution >= 0.6 is 0 Å². The summed E-state index contributed by atoms with van der Waals surface area (Å²) >= 11 is 0.